The molecule has 0 aromatic heterocycles. The van der Waals surface area contributed by atoms with Gasteiger partial charge < -0.3 is 10.6 Å². The first-order valence-corrected chi connectivity index (χ1v) is 9.57. The van der Waals surface area contributed by atoms with E-state index in [1.54, 1.807) is 0 Å². The third-order valence-electron chi connectivity index (χ3n) is 3.78. The van der Waals surface area contributed by atoms with Crippen LogP contribution in [0.4, 0.5) is 17.1 Å². The zero-order valence-electron chi connectivity index (χ0n) is 14.6. The molecule has 0 saturated heterocycles. The second kappa shape index (κ2) is 7.52. The lowest BCUT2D eigenvalue weighted by atomic mass is 10.1. The minimum Gasteiger partial charge on any atom is -0.371 e. The van der Waals surface area contributed by atoms with Gasteiger partial charge in [0, 0.05) is 18.0 Å². The number of benzene rings is 2. The third kappa shape index (κ3) is 4.57. The Kier molecular flexibility index (Phi) is 5.61. The van der Waals surface area contributed by atoms with Crippen molar-refractivity contribution in [2.75, 3.05) is 23.4 Å². The second-order valence-corrected chi connectivity index (χ2v) is 7.89. The fourth-order valence-corrected chi connectivity index (χ4v) is 3.05. The Morgan fingerprint density at radius 1 is 1.15 bits per heavy atom. The van der Waals surface area contributed by atoms with Gasteiger partial charge in [0.15, 0.2) is 9.84 Å². The Bertz CT molecular complexity index is 950. The molecule has 0 heterocycles. The highest BCUT2D eigenvalue weighted by atomic mass is 32.2. The number of hydrogen-bond donors (Lipinski definition) is 2. The van der Waals surface area contributed by atoms with E-state index in [0.29, 0.717) is 5.69 Å². The van der Waals surface area contributed by atoms with Gasteiger partial charge in [-0.2, -0.15) is 0 Å². The highest BCUT2D eigenvalue weighted by Gasteiger charge is 2.19. The van der Waals surface area contributed by atoms with Crippen molar-refractivity contribution in [3.05, 3.63) is 57.6 Å². The van der Waals surface area contributed by atoms with Gasteiger partial charge in [-0.1, -0.05) is 18.2 Å². The van der Waals surface area contributed by atoms with E-state index in [1.165, 1.54) is 12.1 Å². The SMILES string of the molecule is Cc1cccc(C)c1NC(=O)CNc1ccc(S(C)(=O)=O)cc1[N+](=O)[O-]. The lowest BCUT2D eigenvalue weighted by molar-refractivity contribution is -0.384. The molecule has 0 unspecified atom stereocenters. The van der Waals surface area contributed by atoms with E-state index in [1.807, 2.05) is 32.0 Å². The van der Waals surface area contributed by atoms with Crippen LogP contribution in [0.5, 0.6) is 0 Å². The van der Waals surface area contributed by atoms with Crippen LogP contribution in [0.2, 0.25) is 0 Å². The van der Waals surface area contributed by atoms with Gasteiger partial charge in [0.1, 0.15) is 5.69 Å². The number of anilines is 2. The maximum Gasteiger partial charge on any atom is 0.293 e. The molecule has 1 amide bonds. The van der Waals surface area contributed by atoms with E-state index in [4.69, 9.17) is 0 Å². The van der Waals surface area contributed by atoms with E-state index >= 15 is 0 Å². The first-order valence-electron chi connectivity index (χ1n) is 7.68. The van der Waals surface area contributed by atoms with Gasteiger partial charge in [-0.15, -0.1) is 0 Å². The Labute approximate surface area is 151 Å². The summed E-state index contributed by atoms with van der Waals surface area (Å²) >= 11 is 0. The number of carbonyl (C=O) groups excluding carboxylic acids is 1. The van der Waals surface area contributed by atoms with Crippen LogP contribution in [0.25, 0.3) is 0 Å². The van der Waals surface area contributed by atoms with Crippen molar-refractivity contribution in [1.82, 2.24) is 0 Å². The molecule has 0 aliphatic rings. The third-order valence-corrected chi connectivity index (χ3v) is 4.89. The molecule has 0 saturated carbocycles. The van der Waals surface area contributed by atoms with Crippen LogP contribution in [-0.2, 0) is 14.6 Å². The van der Waals surface area contributed by atoms with Crippen molar-refractivity contribution in [2.24, 2.45) is 0 Å². The molecule has 2 rings (SSSR count). The van der Waals surface area contributed by atoms with Crippen molar-refractivity contribution in [1.29, 1.82) is 0 Å². The van der Waals surface area contributed by atoms with Crippen molar-refractivity contribution in [3.63, 3.8) is 0 Å². The van der Waals surface area contributed by atoms with Gasteiger partial charge in [-0.25, -0.2) is 8.42 Å². The number of amides is 1. The normalized spacial score (nSPS) is 11.0. The number of nitro groups is 1. The topological polar surface area (TPSA) is 118 Å². The first-order chi connectivity index (χ1) is 12.1. The van der Waals surface area contributed by atoms with Crippen LogP contribution < -0.4 is 10.6 Å². The van der Waals surface area contributed by atoms with Crippen LogP contribution in [0.3, 0.4) is 0 Å². The van der Waals surface area contributed by atoms with Crippen molar-refractivity contribution in [3.8, 4) is 0 Å². The van der Waals surface area contributed by atoms with Crippen LogP contribution >= 0.6 is 0 Å². The smallest absolute Gasteiger partial charge is 0.293 e. The summed E-state index contributed by atoms with van der Waals surface area (Å²) in [5.74, 6) is -0.371. The number of para-hydroxylation sites is 1. The molecule has 26 heavy (non-hydrogen) atoms. The van der Waals surface area contributed by atoms with Crippen LogP contribution in [0, 0.1) is 24.0 Å². The fourth-order valence-electron chi connectivity index (χ4n) is 2.41. The molecule has 2 aromatic carbocycles. The fraction of sp³-hybridized carbons (Fsp3) is 0.235. The number of nitrogens with zero attached hydrogens (tertiary/aromatic N) is 1. The predicted molar refractivity (Wildman–Crippen MR) is 99.2 cm³/mol. The van der Waals surface area contributed by atoms with Crippen LogP contribution in [-0.4, -0.2) is 32.0 Å². The Balaban J connectivity index is 2.16. The standard InChI is InChI=1S/C17H19N3O5S/c1-11-5-4-6-12(2)17(11)19-16(21)10-18-14-8-7-13(26(3,24)25)9-15(14)20(22)23/h4-9,18H,10H2,1-3H3,(H,19,21). The van der Waals surface area contributed by atoms with E-state index < -0.39 is 20.4 Å². The summed E-state index contributed by atoms with van der Waals surface area (Å²) in [6.07, 6.45) is 0.969. The van der Waals surface area contributed by atoms with E-state index in [9.17, 15) is 23.3 Å². The number of rotatable bonds is 6. The van der Waals surface area contributed by atoms with Gasteiger partial charge in [-0.3, -0.25) is 14.9 Å². The number of nitro benzene ring substituents is 1. The molecular formula is C17H19N3O5S. The summed E-state index contributed by atoms with van der Waals surface area (Å²) in [5, 5.41) is 16.6. The van der Waals surface area contributed by atoms with Crippen molar-refractivity contribution in [2.45, 2.75) is 18.7 Å². The molecule has 0 aliphatic heterocycles. The molecule has 0 bridgehead atoms. The summed E-state index contributed by atoms with van der Waals surface area (Å²) in [5.41, 5.74) is 2.16. The number of carbonyl (C=O) groups is 1. The number of nitrogens with one attached hydrogen (secondary N) is 2. The van der Waals surface area contributed by atoms with Crippen molar-refractivity contribution >= 4 is 32.8 Å². The minimum absolute atomic E-state index is 0.0686. The van der Waals surface area contributed by atoms with Gasteiger partial charge in [0.2, 0.25) is 5.91 Å². The molecule has 2 aromatic rings. The zero-order valence-corrected chi connectivity index (χ0v) is 15.4. The molecule has 138 valence electrons. The highest BCUT2D eigenvalue weighted by molar-refractivity contribution is 7.90. The van der Waals surface area contributed by atoms with E-state index in [0.717, 1.165) is 23.4 Å². The summed E-state index contributed by atoms with van der Waals surface area (Å²) in [7, 11) is -3.57. The highest BCUT2D eigenvalue weighted by Crippen LogP contribution is 2.27. The molecule has 0 aliphatic carbocycles. The largest absolute Gasteiger partial charge is 0.371 e. The summed E-state index contributed by atoms with van der Waals surface area (Å²) in [6.45, 7) is 3.53. The molecule has 0 radical (unpaired) electrons. The van der Waals surface area contributed by atoms with E-state index in [2.05, 4.69) is 10.6 Å². The lowest BCUT2D eigenvalue weighted by Crippen LogP contribution is -2.23. The Hall–Kier alpha value is -2.94. The van der Waals surface area contributed by atoms with Gasteiger partial charge in [0.25, 0.3) is 5.69 Å². The minimum atomic E-state index is -3.57. The Morgan fingerprint density at radius 3 is 2.31 bits per heavy atom. The number of aryl methyl sites for hydroxylation is 2. The molecule has 0 fully saturated rings. The van der Waals surface area contributed by atoms with E-state index in [-0.39, 0.29) is 23.0 Å². The monoisotopic (exact) mass is 377 g/mol. The van der Waals surface area contributed by atoms with Crippen molar-refractivity contribution < 1.29 is 18.1 Å². The second-order valence-electron chi connectivity index (χ2n) is 5.88. The van der Waals surface area contributed by atoms with Crippen LogP contribution in [0.1, 0.15) is 11.1 Å². The lowest BCUT2D eigenvalue weighted by Gasteiger charge is -2.12. The summed E-state index contributed by atoms with van der Waals surface area (Å²) in [4.78, 5) is 22.5. The number of hydrogen-bond acceptors (Lipinski definition) is 6. The van der Waals surface area contributed by atoms with Crippen LogP contribution in [0.15, 0.2) is 41.3 Å². The average molecular weight is 377 g/mol. The predicted octanol–water partition coefficient (Wildman–Crippen LogP) is 2.67. The quantitative estimate of drug-likeness (QED) is 0.590. The Morgan fingerprint density at radius 2 is 1.77 bits per heavy atom. The maximum absolute atomic E-state index is 12.2. The maximum atomic E-state index is 12.2. The molecule has 2 N–H and O–H groups in total. The number of sulfone groups is 1. The zero-order chi connectivity index (χ0) is 19.5. The molecule has 0 spiro atoms. The molecule has 0 atom stereocenters. The van der Waals surface area contributed by atoms with Gasteiger partial charge in [-0.05, 0) is 37.1 Å². The molecule has 9 heteroatoms. The first kappa shape index (κ1) is 19.4. The molecular weight excluding hydrogens is 358 g/mol. The average Bonchev–Trinajstić information content (AvgIpc) is 2.55. The summed E-state index contributed by atoms with van der Waals surface area (Å²) in [6, 6.07) is 9.12. The molecule has 8 nitrogen and oxygen atoms in total. The van der Waals surface area contributed by atoms with Gasteiger partial charge in [0.05, 0.1) is 16.4 Å². The summed E-state index contributed by atoms with van der Waals surface area (Å²) < 4.78 is 23.1. The van der Waals surface area contributed by atoms with Gasteiger partial charge >= 0.3 is 0 Å².